The van der Waals surface area contributed by atoms with E-state index in [1.165, 1.54) is 12.1 Å². The van der Waals surface area contributed by atoms with Crippen LogP contribution in [-0.4, -0.2) is 11.4 Å². The van der Waals surface area contributed by atoms with Gasteiger partial charge in [0.1, 0.15) is 5.82 Å². The lowest BCUT2D eigenvalue weighted by molar-refractivity contribution is 0.321. The van der Waals surface area contributed by atoms with Crippen LogP contribution in [0.25, 0.3) is 0 Å². The smallest absolute Gasteiger partial charge is 0.132 e. The summed E-state index contributed by atoms with van der Waals surface area (Å²) in [4.78, 5) is 0. The van der Waals surface area contributed by atoms with Crippen LogP contribution in [0.1, 0.15) is 5.56 Å². The Bertz CT molecular complexity index is 288. The van der Waals surface area contributed by atoms with Gasteiger partial charge in [-0.15, -0.1) is 0 Å². The molecule has 1 rings (SSSR count). The molecule has 0 amide bonds. The molecule has 58 valence electrons. The Kier molecular flexibility index (Phi) is 2.59. The number of benzene rings is 1. The SMILES string of the molecule is O/N=C\c1cc(Br)ccc1F. The number of nitrogens with zero attached hydrogens (tertiary/aromatic N) is 1. The quantitative estimate of drug-likeness (QED) is 0.438. The lowest BCUT2D eigenvalue weighted by Gasteiger charge is -1.94. The third-order valence-corrected chi connectivity index (χ3v) is 1.65. The van der Waals surface area contributed by atoms with Crippen molar-refractivity contribution in [2.24, 2.45) is 5.16 Å². The summed E-state index contributed by atoms with van der Waals surface area (Å²) in [6.07, 6.45) is 1.04. The van der Waals surface area contributed by atoms with E-state index in [1.54, 1.807) is 6.07 Å². The predicted molar refractivity (Wildman–Crippen MR) is 43.5 cm³/mol. The molecule has 2 nitrogen and oxygen atoms in total. The minimum absolute atomic E-state index is 0.252. The highest BCUT2D eigenvalue weighted by Crippen LogP contribution is 2.13. The standard InChI is InChI=1S/C7H5BrFNO/c8-6-1-2-7(9)5(3-6)4-10-11/h1-4,11H/b10-4-. The first-order valence-electron chi connectivity index (χ1n) is 2.86. The maximum Gasteiger partial charge on any atom is 0.132 e. The molecule has 11 heavy (non-hydrogen) atoms. The molecular weight excluding hydrogens is 213 g/mol. The Morgan fingerprint density at radius 1 is 1.55 bits per heavy atom. The maximum absolute atomic E-state index is 12.7. The monoisotopic (exact) mass is 217 g/mol. The molecule has 0 radical (unpaired) electrons. The van der Waals surface area contributed by atoms with E-state index < -0.39 is 5.82 Å². The molecule has 0 bridgehead atoms. The van der Waals surface area contributed by atoms with Gasteiger partial charge in [-0.25, -0.2) is 4.39 Å². The first-order chi connectivity index (χ1) is 5.24. The van der Waals surface area contributed by atoms with Crippen LogP contribution in [0, 0.1) is 5.82 Å². The molecule has 0 aliphatic rings. The van der Waals surface area contributed by atoms with Gasteiger partial charge in [-0.3, -0.25) is 0 Å². The lowest BCUT2D eigenvalue weighted by Crippen LogP contribution is -1.86. The lowest BCUT2D eigenvalue weighted by atomic mass is 10.2. The average Bonchev–Trinajstić information content (AvgIpc) is 1.98. The third-order valence-electron chi connectivity index (χ3n) is 1.15. The van der Waals surface area contributed by atoms with Crippen LogP contribution in [0.15, 0.2) is 27.8 Å². The van der Waals surface area contributed by atoms with Crippen molar-refractivity contribution in [1.29, 1.82) is 0 Å². The Balaban J connectivity index is 3.12. The summed E-state index contributed by atoms with van der Waals surface area (Å²) in [5.41, 5.74) is 0.252. The normalized spacial score (nSPS) is 10.7. The van der Waals surface area contributed by atoms with E-state index in [1.807, 2.05) is 0 Å². The molecule has 0 heterocycles. The maximum atomic E-state index is 12.7. The van der Waals surface area contributed by atoms with Crippen molar-refractivity contribution >= 4 is 22.1 Å². The summed E-state index contributed by atoms with van der Waals surface area (Å²) < 4.78 is 13.5. The van der Waals surface area contributed by atoms with Crippen molar-refractivity contribution in [3.8, 4) is 0 Å². The molecule has 0 saturated carbocycles. The molecule has 1 aromatic carbocycles. The Morgan fingerprint density at radius 3 is 2.91 bits per heavy atom. The largest absolute Gasteiger partial charge is 0.411 e. The molecule has 0 fully saturated rings. The highest BCUT2D eigenvalue weighted by Gasteiger charge is 1.98. The van der Waals surface area contributed by atoms with E-state index in [0.717, 1.165) is 10.7 Å². The molecule has 0 aliphatic carbocycles. The molecule has 1 N–H and O–H groups in total. The first kappa shape index (κ1) is 8.20. The molecule has 0 atom stereocenters. The average molecular weight is 218 g/mol. The fourth-order valence-corrected chi connectivity index (χ4v) is 1.05. The number of hydrogen-bond acceptors (Lipinski definition) is 2. The zero-order valence-corrected chi connectivity index (χ0v) is 7.05. The van der Waals surface area contributed by atoms with Gasteiger partial charge in [-0.2, -0.15) is 0 Å². The summed E-state index contributed by atoms with van der Waals surface area (Å²) in [6.45, 7) is 0. The number of hydrogen-bond donors (Lipinski definition) is 1. The zero-order chi connectivity index (χ0) is 8.27. The van der Waals surface area contributed by atoms with Crippen molar-refractivity contribution in [1.82, 2.24) is 0 Å². The van der Waals surface area contributed by atoms with E-state index in [4.69, 9.17) is 5.21 Å². The third kappa shape index (κ3) is 2.01. The van der Waals surface area contributed by atoms with Gasteiger partial charge < -0.3 is 5.21 Å². The number of oxime groups is 1. The summed E-state index contributed by atoms with van der Waals surface area (Å²) >= 11 is 3.16. The molecule has 1 aromatic rings. The predicted octanol–water partition coefficient (Wildman–Crippen LogP) is 2.40. The zero-order valence-electron chi connectivity index (χ0n) is 5.46. The number of halogens is 2. The second kappa shape index (κ2) is 3.48. The van der Waals surface area contributed by atoms with Crippen LogP contribution in [0.2, 0.25) is 0 Å². The second-order valence-corrected chi connectivity index (χ2v) is 2.83. The fraction of sp³-hybridized carbons (Fsp3) is 0. The first-order valence-corrected chi connectivity index (χ1v) is 3.66. The molecule has 0 spiro atoms. The summed E-state index contributed by atoms with van der Waals surface area (Å²) in [5.74, 6) is -0.411. The molecule has 0 saturated heterocycles. The van der Waals surface area contributed by atoms with Gasteiger partial charge in [0.05, 0.1) is 6.21 Å². The molecule has 0 aliphatic heterocycles. The molecular formula is C7H5BrFNO. The van der Waals surface area contributed by atoms with Crippen LogP contribution in [0.5, 0.6) is 0 Å². The number of rotatable bonds is 1. The minimum atomic E-state index is -0.411. The van der Waals surface area contributed by atoms with E-state index in [-0.39, 0.29) is 5.56 Å². The van der Waals surface area contributed by atoms with Gasteiger partial charge in [0.25, 0.3) is 0 Å². The van der Waals surface area contributed by atoms with Crippen molar-refractivity contribution < 1.29 is 9.60 Å². The summed E-state index contributed by atoms with van der Waals surface area (Å²) in [6, 6.07) is 4.39. The van der Waals surface area contributed by atoms with Crippen LogP contribution in [0.4, 0.5) is 4.39 Å². The van der Waals surface area contributed by atoms with Crippen LogP contribution in [0.3, 0.4) is 0 Å². The van der Waals surface area contributed by atoms with Crippen LogP contribution in [-0.2, 0) is 0 Å². The van der Waals surface area contributed by atoms with Gasteiger partial charge in [-0.1, -0.05) is 21.1 Å². The highest BCUT2D eigenvalue weighted by atomic mass is 79.9. The van der Waals surface area contributed by atoms with E-state index in [2.05, 4.69) is 21.1 Å². The van der Waals surface area contributed by atoms with E-state index in [0.29, 0.717) is 0 Å². The van der Waals surface area contributed by atoms with Gasteiger partial charge in [0, 0.05) is 10.0 Å². The van der Waals surface area contributed by atoms with Gasteiger partial charge in [0.15, 0.2) is 0 Å². The Hall–Kier alpha value is -0.900. The molecule has 0 unspecified atom stereocenters. The topological polar surface area (TPSA) is 32.6 Å². The Labute approximate surface area is 71.5 Å². The van der Waals surface area contributed by atoms with Crippen LogP contribution < -0.4 is 0 Å². The second-order valence-electron chi connectivity index (χ2n) is 1.91. The van der Waals surface area contributed by atoms with E-state index in [9.17, 15) is 4.39 Å². The Morgan fingerprint density at radius 2 is 2.27 bits per heavy atom. The van der Waals surface area contributed by atoms with Crippen molar-refractivity contribution in [3.05, 3.63) is 34.1 Å². The van der Waals surface area contributed by atoms with Crippen molar-refractivity contribution in [2.75, 3.05) is 0 Å². The van der Waals surface area contributed by atoms with Crippen molar-refractivity contribution in [2.45, 2.75) is 0 Å². The highest BCUT2D eigenvalue weighted by molar-refractivity contribution is 9.10. The fourth-order valence-electron chi connectivity index (χ4n) is 0.676. The van der Waals surface area contributed by atoms with E-state index >= 15 is 0 Å². The van der Waals surface area contributed by atoms with Crippen molar-refractivity contribution in [3.63, 3.8) is 0 Å². The molecule has 0 aromatic heterocycles. The van der Waals surface area contributed by atoms with Gasteiger partial charge >= 0.3 is 0 Å². The van der Waals surface area contributed by atoms with Gasteiger partial charge in [0.2, 0.25) is 0 Å². The van der Waals surface area contributed by atoms with Crippen LogP contribution >= 0.6 is 15.9 Å². The summed E-state index contributed by atoms with van der Waals surface area (Å²) in [7, 11) is 0. The molecule has 4 heteroatoms. The van der Waals surface area contributed by atoms with Gasteiger partial charge in [-0.05, 0) is 18.2 Å². The summed E-state index contributed by atoms with van der Waals surface area (Å²) in [5, 5.41) is 10.8. The minimum Gasteiger partial charge on any atom is -0.411 e.